The third kappa shape index (κ3) is 4.92. The molecule has 0 radical (unpaired) electrons. The minimum absolute atomic E-state index is 0.240. The van der Waals surface area contributed by atoms with Crippen molar-refractivity contribution in [2.45, 2.75) is 12.5 Å². The molecule has 0 heterocycles. The fourth-order valence-electron chi connectivity index (χ4n) is 2.01. The fourth-order valence-corrected chi connectivity index (χ4v) is 2.01. The molecule has 7 nitrogen and oxygen atoms in total. The van der Waals surface area contributed by atoms with E-state index in [0.717, 1.165) is 0 Å². The molecule has 24 heavy (non-hydrogen) atoms. The van der Waals surface area contributed by atoms with Crippen LogP contribution in [0.25, 0.3) is 0 Å². The zero-order chi connectivity index (χ0) is 17.5. The molecule has 0 spiro atoms. The first kappa shape index (κ1) is 17.2. The minimum Gasteiger partial charge on any atom is -0.370 e. The topological polar surface area (TPSA) is 127 Å². The van der Waals surface area contributed by atoms with Crippen molar-refractivity contribution in [2.24, 2.45) is 11.5 Å². The normalized spacial score (nSPS) is 11.4. The van der Waals surface area contributed by atoms with Gasteiger partial charge in [-0.2, -0.15) is 0 Å². The molecule has 3 amide bonds. The summed E-state index contributed by atoms with van der Waals surface area (Å²) in [5, 5.41) is 5.32. The predicted octanol–water partition coefficient (Wildman–Crippen LogP) is 1.08. The molecule has 1 atom stereocenters. The lowest BCUT2D eigenvalue weighted by atomic mass is 10.2. The van der Waals surface area contributed by atoms with Crippen LogP contribution in [-0.2, 0) is 9.59 Å². The maximum Gasteiger partial charge on any atom is 0.255 e. The van der Waals surface area contributed by atoms with Crippen molar-refractivity contribution in [1.29, 1.82) is 0 Å². The Hall–Kier alpha value is -3.19. The largest absolute Gasteiger partial charge is 0.370 e. The molecule has 0 saturated heterocycles. The van der Waals surface area contributed by atoms with Crippen LogP contribution < -0.4 is 22.1 Å². The number of carbonyl (C=O) groups is 3. The highest BCUT2D eigenvalue weighted by atomic mass is 16.2. The van der Waals surface area contributed by atoms with Gasteiger partial charge in [-0.1, -0.05) is 24.3 Å². The number of primary amides is 1. The van der Waals surface area contributed by atoms with E-state index < -0.39 is 17.9 Å². The van der Waals surface area contributed by atoms with Crippen LogP contribution >= 0.6 is 0 Å². The molecular weight excluding hydrogens is 308 g/mol. The van der Waals surface area contributed by atoms with E-state index in [4.69, 9.17) is 11.5 Å². The van der Waals surface area contributed by atoms with Gasteiger partial charge in [0.15, 0.2) is 0 Å². The molecule has 0 aliphatic heterocycles. The third-order valence-corrected chi connectivity index (χ3v) is 3.18. The second-order valence-electron chi connectivity index (χ2n) is 5.17. The van der Waals surface area contributed by atoms with Crippen LogP contribution in [0.4, 0.5) is 11.4 Å². The van der Waals surface area contributed by atoms with Crippen LogP contribution in [0.3, 0.4) is 0 Å². The van der Waals surface area contributed by atoms with Crippen molar-refractivity contribution < 1.29 is 14.4 Å². The summed E-state index contributed by atoms with van der Waals surface area (Å²) in [7, 11) is 0. The number of nitrogens with two attached hydrogens (primary N) is 2. The van der Waals surface area contributed by atoms with Gasteiger partial charge in [0, 0.05) is 16.9 Å². The predicted molar refractivity (Wildman–Crippen MR) is 91.3 cm³/mol. The van der Waals surface area contributed by atoms with Gasteiger partial charge in [0.25, 0.3) is 5.91 Å². The summed E-state index contributed by atoms with van der Waals surface area (Å²) in [6, 6.07) is 14.3. The van der Waals surface area contributed by atoms with Crippen LogP contribution in [0, 0.1) is 0 Å². The molecule has 0 aliphatic rings. The lowest BCUT2D eigenvalue weighted by molar-refractivity contribution is -0.123. The molecule has 2 rings (SSSR count). The summed E-state index contributed by atoms with van der Waals surface area (Å²) in [5.41, 5.74) is 12.1. The second kappa shape index (κ2) is 7.89. The number of anilines is 2. The third-order valence-electron chi connectivity index (χ3n) is 3.18. The molecule has 0 fully saturated rings. The standard InChI is InChI=1S/C17H18N4O3/c18-14(10-15(19)22)17(24)21-13-8-4-7-12(9-13)20-16(23)11-5-2-1-3-6-11/h1-9,14H,10,18H2,(H2,19,22)(H,20,23)(H,21,24). The highest BCUT2D eigenvalue weighted by Crippen LogP contribution is 2.16. The van der Waals surface area contributed by atoms with Gasteiger partial charge < -0.3 is 22.1 Å². The van der Waals surface area contributed by atoms with Gasteiger partial charge in [0.05, 0.1) is 12.5 Å². The molecule has 0 bridgehead atoms. The number of amides is 3. The summed E-state index contributed by atoms with van der Waals surface area (Å²) in [4.78, 5) is 34.8. The Bertz CT molecular complexity index is 747. The minimum atomic E-state index is -1.02. The highest BCUT2D eigenvalue weighted by molar-refractivity contribution is 6.04. The van der Waals surface area contributed by atoms with E-state index in [1.54, 1.807) is 48.5 Å². The molecule has 1 unspecified atom stereocenters. The fraction of sp³-hybridized carbons (Fsp3) is 0.118. The first-order valence-electron chi connectivity index (χ1n) is 7.27. The Morgan fingerprint density at radius 3 is 2.17 bits per heavy atom. The second-order valence-corrected chi connectivity index (χ2v) is 5.17. The van der Waals surface area contributed by atoms with E-state index >= 15 is 0 Å². The maximum atomic E-state index is 12.1. The Morgan fingerprint density at radius 2 is 1.54 bits per heavy atom. The quantitative estimate of drug-likeness (QED) is 0.633. The van der Waals surface area contributed by atoms with Gasteiger partial charge in [0.1, 0.15) is 0 Å². The molecule has 2 aromatic carbocycles. The summed E-state index contributed by atoms with van der Waals surface area (Å²) in [6.45, 7) is 0. The highest BCUT2D eigenvalue weighted by Gasteiger charge is 2.16. The van der Waals surface area contributed by atoms with Crippen LogP contribution in [0.1, 0.15) is 16.8 Å². The maximum absolute atomic E-state index is 12.1. The lowest BCUT2D eigenvalue weighted by Crippen LogP contribution is -2.39. The smallest absolute Gasteiger partial charge is 0.255 e. The molecule has 124 valence electrons. The van der Waals surface area contributed by atoms with E-state index in [1.165, 1.54) is 0 Å². The summed E-state index contributed by atoms with van der Waals surface area (Å²) >= 11 is 0. The van der Waals surface area contributed by atoms with Gasteiger partial charge in [-0.15, -0.1) is 0 Å². The zero-order valence-corrected chi connectivity index (χ0v) is 12.9. The Morgan fingerprint density at radius 1 is 0.917 bits per heavy atom. The van der Waals surface area contributed by atoms with Gasteiger partial charge in [-0.05, 0) is 30.3 Å². The van der Waals surface area contributed by atoms with E-state index in [1.807, 2.05) is 6.07 Å². The van der Waals surface area contributed by atoms with E-state index in [-0.39, 0.29) is 12.3 Å². The van der Waals surface area contributed by atoms with Crippen molar-refractivity contribution >= 4 is 29.1 Å². The van der Waals surface area contributed by atoms with Crippen molar-refractivity contribution in [1.82, 2.24) is 0 Å². The van der Waals surface area contributed by atoms with Crippen molar-refractivity contribution in [3.05, 3.63) is 60.2 Å². The van der Waals surface area contributed by atoms with Gasteiger partial charge in [0.2, 0.25) is 11.8 Å². The van der Waals surface area contributed by atoms with E-state index in [9.17, 15) is 14.4 Å². The number of hydrogen-bond acceptors (Lipinski definition) is 4. The van der Waals surface area contributed by atoms with Crippen LogP contribution in [0.5, 0.6) is 0 Å². The number of carbonyl (C=O) groups excluding carboxylic acids is 3. The van der Waals surface area contributed by atoms with Gasteiger partial charge in [-0.25, -0.2) is 0 Å². The summed E-state index contributed by atoms with van der Waals surface area (Å²) in [5.74, 6) is -1.44. The van der Waals surface area contributed by atoms with Crippen LogP contribution in [0.15, 0.2) is 54.6 Å². The van der Waals surface area contributed by atoms with Crippen molar-refractivity contribution in [3.63, 3.8) is 0 Å². The molecule has 6 N–H and O–H groups in total. The zero-order valence-electron chi connectivity index (χ0n) is 12.9. The first-order chi connectivity index (χ1) is 11.5. The molecule has 0 aromatic heterocycles. The summed E-state index contributed by atoms with van der Waals surface area (Å²) in [6.07, 6.45) is -0.240. The Balaban J connectivity index is 2.02. The number of benzene rings is 2. The Kier molecular flexibility index (Phi) is 5.64. The van der Waals surface area contributed by atoms with Gasteiger partial charge >= 0.3 is 0 Å². The lowest BCUT2D eigenvalue weighted by Gasteiger charge is -2.12. The molecular formula is C17H18N4O3. The molecule has 0 aliphatic carbocycles. The Labute approximate surface area is 139 Å². The number of hydrogen-bond donors (Lipinski definition) is 4. The van der Waals surface area contributed by atoms with E-state index in [2.05, 4.69) is 10.6 Å². The number of rotatable bonds is 6. The summed E-state index contributed by atoms with van der Waals surface area (Å²) < 4.78 is 0. The average Bonchev–Trinajstić information content (AvgIpc) is 2.55. The molecule has 0 saturated carbocycles. The molecule has 2 aromatic rings. The SMILES string of the molecule is NC(=O)CC(N)C(=O)Nc1cccc(NC(=O)c2ccccc2)c1. The van der Waals surface area contributed by atoms with Crippen LogP contribution in [-0.4, -0.2) is 23.8 Å². The molecule has 7 heteroatoms. The van der Waals surface area contributed by atoms with Crippen molar-refractivity contribution in [3.8, 4) is 0 Å². The first-order valence-corrected chi connectivity index (χ1v) is 7.27. The van der Waals surface area contributed by atoms with E-state index in [0.29, 0.717) is 16.9 Å². The van der Waals surface area contributed by atoms with Crippen LogP contribution in [0.2, 0.25) is 0 Å². The van der Waals surface area contributed by atoms with Crippen molar-refractivity contribution in [2.75, 3.05) is 10.6 Å². The average molecular weight is 326 g/mol. The monoisotopic (exact) mass is 326 g/mol. The number of nitrogens with one attached hydrogen (secondary N) is 2. The van der Waals surface area contributed by atoms with Gasteiger partial charge in [-0.3, -0.25) is 14.4 Å².